The molecule has 0 amide bonds. The van der Waals surface area contributed by atoms with Crippen molar-refractivity contribution in [3.63, 3.8) is 0 Å². The normalized spacial score (nSPS) is 12.9. The van der Waals surface area contributed by atoms with Crippen LogP contribution in [0.4, 0.5) is 14.5 Å². The van der Waals surface area contributed by atoms with E-state index < -0.39 is 17.3 Å². The highest BCUT2D eigenvalue weighted by molar-refractivity contribution is 5.43. The Balaban J connectivity index is 3.13. The summed E-state index contributed by atoms with van der Waals surface area (Å²) in [6, 6.07) is 2.38. The third kappa shape index (κ3) is 1.95. The molecule has 0 saturated heterocycles. The summed E-state index contributed by atoms with van der Waals surface area (Å²) in [5, 5.41) is 2.88. The average Bonchev–Trinajstić information content (AvgIpc) is 2.12. The van der Waals surface area contributed by atoms with Crippen LogP contribution in [-0.2, 0) is 0 Å². The molecule has 4 heteroatoms. The van der Waals surface area contributed by atoms with E-state index in [-0.39, 0.29) is 6.04 Å². The highest BCUT2D eigenvalue weighted by atomic mass is 19.1. The highest BCUT2D eigenvalue weighted by Crippen LogP contribution is 2.21. The first-order chi connectivity index (χ1) is 6.06. The molecular weight excluding hydrogens is 174 g/mol. The second-order valence-corrected chi connectivity index (χ2v) is 2.91. The number of nitrogens with one attached hydrogen (secondary N) is 1. The van der Waals surface area contributed by atoms with Gasteiger partial charge in [-0.25, -0.2) is 8.78 Å². The molecule has 1 atom stereocenters. The van der Waals surface area contributed by atoms with Gasteiger partial charge in [-0.1, -0.05) is 0 Å². The molecule has 0 unspecified atom stereocenters. The zero-order valence-corrected chi connectivity index (χ0v) is 7.57. The highest BCUT2D eigenvalue weighted by Gasteiger charge is 2.10. The summed E-state index contributed by atoms with van der Waals surface area (Å²) in [5.74, 6) is -1.42. The predicted molar refractivity (Wildman–Crippen MR) is 48.2 cm³/mol. The maximum atomic E-state index is 12.9. The molecule has 0 aliphatic rings. The van der Waals surface area contributed by atoms with Crippen LogP contribution in [0.15, 0.2) is 12.1 Å². The van der Waals surface area contributed by atoms with Gasteiger partial charge >= 0.3 is 0 Å². The fraction of sp³-hybridized carbons (Fsp3) is 0.333. The lowest BCUT2D eigenvalue weighted by atomic mass is 10.1. The van der Waals surface area contributed by atoms with Crippen molar-refractivity contribution in [1.29, 1.82) is 0 Å². The molecule has 0 fully saturated rings. The van der Waals surface area contributed by atoms with Crippen LogP contribution in [-0.4, -0.2) is 7.05 Å². The Morgan fingerprint density at radius 3 is 2.15 bits per heavy atom. The van der Waals surface area contributed by atoms with Crippen LogP contribution in [0.2, 0.25) is 0 Å². The standard InChI is InChI=1S/C9H12F2N2/c1-5(13-2)6-3-7(10)9(12)8(11)4-6/h3-5,13H,12H2,1-2H3/t5-/m0/s1. The fourth-order valence-corrected chi connectivity index (χ4v) is 1.02. The third-order valence-corrected chi connectivity index (χ3v) is 2.03. The van der Waals surface area contributed by atoms with E-state index in [9.17, 15) is 8.78 Å². The summed E-state index contributed by atoms with van der Waals surface area (Å²) < 4.78 is 25.9. The molecule has 0 aliphatic carbocycles. The van der Waals surface area contributed by atoms with Crippen LogP contribution >= 0.6 is 0 Å². The topological polar surface area (TPSA) is 38.0 Å². The third-order valence-electron chi connectivity index (χ3n) is 2.03. The van der Waals surface area contributed by atoms with Gasteiger partial charge in [-0.2, -0.15) is 0 Å². The van der Waals surface area contributed by atoms with E-state index in [0.29, 0.717) is 5.56 Å². The molecule has 0 saturated carbocycles. The first-order valence-corrected chi connectivity index (χ1v) is 3.98. The van der Waals surface area contributed by atoms with E-state index in [1.807, 2.05) is 6.92 Å². The van der Waals surface area contributed by atoms with Gasteiger partial charge in [-0.05, 0) is 31.7 Å². The molecule has 3 N–H and O–H groups in total. The zero-order chi connectivity index (χ0) is 10.0. The SMILES string of the molecule is CN[C@@H](C)c1cc(F)c(N)c(F)c1. The van der Waals surface area contributed by atoms with E-state index in [2.05, 4.69) is 5.32 Å². The molecule has 2 nitrogen and oxygen atoms in total. The Labute approximate surface area is 75.7 Å². The van der Waals surface area contributed by atoms with Crippen molar-refractivity contribution in [1.82, 2.24) is 5.32 Å². The smallest absolute Gasteiger partial charge is 0.149 e. The van der Waals surface area contributed by atoms with Gasteiger partial charge in [0.05, 0.1) is 0 Å². The summed E-state index contributed by atoms with van der Waals surface area (Å²) in [6.07, 6.45) is 0. The summed E-state index contributed by atoms with van der Waals surface area (Å²) in [6.45, 7) is 1.81. The second-order valence-electron chi connectivity index (χ2n) is 2.91. The van der Waals surface area contributed by atoms with Crippen LogP contribution in [0, 0.1) is 11.6 Å². The molecule has 72 valence electrons. The molecule has 1 aromatic rings. The van der Waals surface area contributed by atoms with Gasteiger partial charge in [0.15, 0.2) is 0 Å². The number of hydrogen-bond acceptors (Lipinski definition) is 2. The van der Waals surface area contributed by atoms with Crippen LogP contribution in [0.25, 0.3) is 0 Å². The van der Waals surface area contributed by atoms with Crippen molar-refractivity contribution in [2.45, 2.75) is 13.0 Å². The van der Waals surface area contributed by atoms with Gasteiger partial charge in [-0.3, -0.25) is 0 Å². The first kappa shape index (κ1) is 9.92. The molecule has 0 bridgehead atoms. The van der Waals surface area contributed by atoms with E-state index in [1.54, 1.807) is 7.05 Å². The lowest BCUT2D eigenvalue weighted by Crippen LogP contribution is -2.13. The molecule has 13 heavy (non-hydrogen) atoms. The quantitative estimate of drug-likeness (QED) is 0.691. The largest absolute Gasteiger partial charge is 0.394 e. The van der Waals surface area contributed by atoms with Gasteiger partial charge in [0, 0.05) is 6.04 Å². The zero-order valence-electron chi connectivity index (χ0n) is 7.57. The minimum absolute atomic E-state index is 0.0930. The van der Waals surface area contributed by atoms with E-state index in [1.165, 1.54) is 12.1 Å². The van der Waals surface area contributed by atoms with Gasteiger partial charge in [-0.15, -0.1) is 0 Å². The maximum Gasteiger partial charge on any atom is 0.149 e. The van der Waals surface area contributed by atoms with E-state index >= 15 is 0 Å². The van der Waals surface area contributed by atoms with E-state index in [0.717, 1.165) is 0 Å². The summed E-state index contributed by atoms with van der Waals surface area (Å²) >= 11 is 0. The molecule has 1 rings (SSSR count). The maximum absolute atomic E-state index is 12.9. The number of nitrogens with two attached hydrogens (primary N) is 1. The molecule has 0 spiro atoms. The van der Waals surface area contributed by atoms with Gasteiger partial charge in [0.1, 0.15) is 17.3 Å². The molecule has 0 heterocycles. The van der Waals surface area contributed by atoms with Crippen LogP contribution in [0.1, 0.15) is 18.5 Å². The Kier molecular flexibility index (Phi) is 2.83. The van der Waals surface area contributed by atoms with Crippen molar-refractivity contribution in [2.24, 2.45) is 0 Å². The number of rotatable bonds is 2. The van der Waals surface area contributed by atoms with Crippen molar-refractivity contribution < 1.29 is 8.78 Å². The Hall–Kier alpha value is -1.16. The van der Waals surface area contributed by atoms with Crippen LogP contribution in [0.5, 0.6) is 0 Å². The minimum Gasteiger partial charge on any atom is -0.394 e. The predicted octanol–water partition coefficient (Wildman–Crippen LogP) is 1.83. The van der Waals surface area contributed by atoms with Crippen molar-refractivity contribution in [3.05, 3.63) is 29.3 Å². The summed E-state index contributed by atoms with van der Waals surface area (Å²) in [7, 11) is 1.72. The molecule has 0 radical (unpaired) electrons. The van der Waals surface area contributed by atoms with Gasteiger partial charge in [0.2, 0.25) is 0 Å². The van der Waals surface area contributed by atoms with E-state index in [4.69, 9.17) is 5.73 Å². The fourth-order valence-electron chi connectivity index (χ4n) is 1.02. The lowest BCUT2D eigenvalue weighted by Gasteiger charge is -2.11. The Morgan fingerprint density at radius 2 is 1.77 bits per heavy atom. The molecule has 0 aliphatic heterocycles. The van der Waals surface area contributed by atoms with Crippen molar-refractivity contribution >= 4 is 5.69 Å². The van der Waals surface area contributed by atoms with Gasteiger partial charge in [0.25, 0.3) is 0 Å². The Morgan fingerprint density at radius 1 is 1.31 bits per heavy atom. The molecule has 0 aromatic heterocycles. The lowest BCUT2D eigenvalue weighted by molar-refractivity contribution is 0.574. The van der Waals surface area contributed by atoms with Crippen LogP contribution in [0.3, 0.4) is 0 Å². The summed E-state index contributed by atoms with van der Waals surface area (Å²) in [5.41, 5.74) is 5.25. The number of hydrogen-bond donors (Lipinski definition) is 2. The van der Waals surface area contributed by atoms with Gasteiger partial charge < -0.3 is 11.1 Å². The monoisotopic (exact) mass is 186 g/mol. The summed E-state index contributed by atoms with van der Waals surface area (Å²) in [4.78, 5) is 0. The minimum atomic E-state index is -0.711. The van der Waals surface area contributed by atoms with Crippen LogP contribution < -0.4 is 11.1 Å². The first-order valence-electron chi connectivity index (χ1n) is 3.98. The average molecular weight is 186 g/mol. The van der Waals surface area contributed by atoms with Crippen molar-refractivity contribution in [2.75, 3.05) is 12.8 Å². The van der Waals surface area contributed by atoms with Crippen molar-refractivity contribution in [3.8, 4) is 0 Å². The Bertz CT molecular complexity index is 289. The number of nitrogen functional groups attached to an aromatic ring is 1. The second kappa shape index (κ2) is 3.70. The molecular formula is C9H12F2N2. The number of benzene rings is 1. The number of halogens is 2. The number of anilines is 1. The molecule has 1 aromatic carbocycles.